The molecule has 1 saturated carbocycles. The number of nitrogens with zero attached hydrogens (tertiary/aromatic N) is 4. The van der Waals surface area contributed by atoms with Gasteiger partial charge in [-0.1, -0.05) is 0 Å². The molecule has 1 fully saturated rings. The number of aryl methyl sites for hydroxylation is 1. The van der Waals surface area contributed by atoms with E-state index >= 15 is 0 Å². The molecule has 4 aromatic rings. The van der Waals surface area contributed by atoms with Gasteiger partial charge in [-0.05, 0) is 36.5 Å². The molecule has 3 heterocycles. The van der Waals surface area contributed by atoms with Crippen molar-refractivity contribution in [1.82, 2.24) is 24.7 Å². The maximum Gasteiger partial charge on any atom is 0.266 e. The largest absolute Gasteiger partial charge is 0.449 e. The molecule has 0 radical (unpaired) electrons. The van der Waals surface area contributed by atoms with Gasteiger partial charge in [0.15, 0.2) is 17.4 Å². The molecule has 7 nitrogen and oxygen atoms in total. The fraction of sp³-hybridized carbons (Fsp3) is 0.263. The van der Waals surface area contributed by atoms with E-state index in [-0.39, 0.29) is 28.5 Å². The van der Waals surface area contributed by atoms with Crippen LogP contribution in [0, 0.1) is 12.7 Å². The number of aromatic amines is 1. The average molecular weight is 401 g/mol. The number of hydrogen-bond donors (Lipinski definition) is 1. The van der Waals surface area contributed by atoms with Gasteiger partial charge < -0.3 is 9.40 Å². The van der Waals surface area contributed by atoms with Crippen LogP contribution in [0.2, 0.25) is 0 Å². The molecule has 5 rings (SSSR count). The Labute approximate surface area is 161 Å². The number of alkyl halides is 2. The number of H-pyrrole nitrogens is 1. The number of benzene rings is 1. The minimum Gasteiger partial charge on any atom is -0.449 e. The highest BCUT2D eigenvalue weighted by Crippen LogP contribution is 2.42. The van der Waals surface area contributed by atoms with E-state index in [1.165, 1.54) is 24.6 Å². The SMILES string of the molecule is Cc1nc(-c2nc3nn(-c4c(F)cc(C5CC5)cc4C(F)F)cc3c(=O)[nH]2)co1. The van der Waals surface area contributed by atoms with Crippen LogP contribution in [0.25, 0.3) is 28.2 Å². The van der Waals surface area contributed by atoms with Crippen LogP contribution in [-0.4, -0.2) is 24.7 Å². The van der Waals surface area contributed by atoms with Crippen molar-refractivity contribution in [2.45, 2.75) is 32.1 Å². The minimum absolute atomic E-state index is 0.0183. The zero-order chi connectivity index (χ0) is 20.3. The second-order valence-corrected chi connectivity index (χ2v) is 6.99. The van der Waals surface area contributed by atoms with Crippen LogP contribution in [0.1, 0.15) is 42.2 Å². The molecule has 0 bridgehead atoms. The van der Waals surface area contributed by atoms with Gasteiger partial charge >= 0.3 is 0 Å². The summed E-state index contributed by atoms with van der Waals surface area (Å²) in [5, 5.41) is 4.13. The number of nitrogens with one attached hydrogen (secondary N) is 1. The summed E-state index contributed by atoms with van der Waals surface area (Å²) in [6, 6.07) is 2.57. The van der Waals surface area contributed by atoms with Gasteiger partial charge in [0.1, 0.15) is 28.8 Å². The first-order chi connectivity index (χ1) is 13.9. The van der Waals surface area contributed by atoms with E-state index in [0.29, 0.717) is 17.1 Å². The molecule has 0 saturated heterocycles. The quantitative estimate of drug-likeness (QED) is 0.558. The third-order valence-electron chi connectivity index (χ3n) is 4.88. The van der Waals surface area contributed by atoms with Crippen molar-refractivity contribution in [3.05, 3.63) is 57.8 Å². The molecular weight excluding hydrogens is 387 g/mol. The first-order valence-corrected chi connectivity index (χ1v) is 8.95. The van der Waals surface area contributed by atoms with E-state index in [4.69, 9.17) is 4.42 Å². The molecule has 1 aromatic carbocycles. The van der Waals surface area contributed by atoms with Crippen molar-refractivity contribution >= 4 is 11.0 Å². The Bertz CT molecular complexity index is 1300. The van der Waals surface area contributed by atoms with Gasteiger partial charge in [0.2, 0.25) is 0 Å². The minimum atomic E-state index is -2.90. The summed E-state index contributed by atoms with van der Waals surface area (Å²) in [6.07, 6.45) is 1.33. The summed E-state index contributed by atoms with van der Waals surface area (Å²) in [7, 11) is 0. The smallest absolute Gasteiger partial charge is 0.266 e. The van der Waals surface area contributed by atoms with Gasteiger partial charge in [0.05, 0.1) is 0 Å². The molecule has 0 spiro atoms. The second kappa shape index (κ2) is 6.29. The molecule has 1 aliphatic carbocycles. The van der Waals surface area contributed by atoms with Crippen LogP contribution < -0.4 is 5.56 Å². The predicted octanol–water partition coefficient (Wildman–Crippen LogP) is 4.03. The number of rotatable bonds is 4. The summed E-state index contributed by atoms with van der Waals surface area (Å²) in [5.74, 6) is -0.206. The molecule has 3 aromatic heterocycles. The number of hydrogen-bond acceptors (Lipinski definition) is 5. The van der Waals surface area contributed by atoms with Crippen LogP contribution in [0.5, 0.6) is 0 Å². The molecule has 148 valence electrons. The first kappa shape index (κ1) is 17.7. The highest BCUT2D eigenvalue weighted by molar-refractivity contribution is 5.75. The summed E-state index contributed by atoms with van der Waals surface area (Å²) in [4.78, 5) is 23.3. The van der Waals surface area contributed by atoms with E-state index in [9.17, 15) is 18.0 Å². The van der Waals surface area contributed by atoms with Gasteiger partial charge in [0.25, 0.3) is 12.0 Å². The lowest BCUT2D eigenvalue weighted by Crippen LogP contribution is -2.08. The van der Waals surface area contributed by atoms with Gasteiger partial charge in [-0.15, -0.1) is 5.10 Å². The predicted molar refractivity (Wildman–Crippen MR) is 96.6 cm³/mol. The topological polar surface area (TPSA) is 89.6 Å². The van der Waals surface area contributed by atoms with Crippen molar-refractivity contribution in [2.24, 2.45) is 0 Å². The van der Waals surface area contributed by atoms with Crippen molar-refractivity contribution in [3.8, 4) is 17.2 Å². The van der Waals surface area contributed by atoms with Crippen LogP contribution in [0.3, 0.4) is 0 Å². The maximum absolute atomic E-state index is 14.8. The molecule has 0 unspecified atom stereocenters. The third-order valence-corrected chi connectivity index (χ3v) is 4.88. The van der Waals surface area contributed by atoms with E-state index in [2.05, 4.69) is 20.1 Å². The highest BCUT2D eigenvalue weighted by atomic mass is 19.3. The number of fused-ring (bicyclic) bond motifs is 1. The Morgan fingerprint density at radius 2 is 2.07 bits per heavy atom. The molecular formula is C19H14F3N5O2. The van der Waals surface area contributed by atoms with E-state index in [1.54, 1.807) is 6.92 Å². The number of oxazole rings is 1. The van der Waals surface area contributed by atoms with Gasteiger partial charge in [-0.3, -0.25) is 4.79 Å². The van der Waals surface area contributed by atoms with Crippen molar-refractivity contribution in [2.75, 3.05) is 0 Å². The Kier molecular flexibility index (Phi) is 3.83. The van der Waals surface area contributed by atoms with Crippen LogP contribution in [0.4, 0.5) is 13.2 Å². The summed E-state index contributed by atoms with van der Waals surface area (Å²) in [5.41, 5.74) is -0.577. The molecule has 29 heavy (non-hydrogen) atoms. The van der Waals surface area contributed by atoms with Gasteiger partial charge in [-0.2, -0.15) is 0 Å². The Morgan fingerprint density at radius 3 is 2.72 bits per heavy atom. The summed E-state index contributed by atoms with van der Waals surface area (Å²) in [6.45, 7) is 1.63. The average Bonchev–Trinajstić information content (AvgIpc) is 3.29. The third kappa shape index (κ3) is 3.00. The lowest BCUT2D eigenvalue weighted by Gasteiger charge is -2.12. The number of aromatic nitrogens is 5. The van der Waals surface area contributed by atoms with Gasteiger partial charge in [-0.25, -0.2) is 27.8 Å². The zero-order valence-electron chi connectivity index (χ0n) is 15.1. The Hall–Kier alpha value is -3.43. The van der Waals surface area contributed by atoms with Crippen molar-refractivity contribution < 1.29 is 17.6 Å². The van der Waals surface area contributed by atoms with Crippen molar-refractivity contribution in [3.63, 3.8) is 0 Å². The van der Waals surface area contributed by atoms with Crippen LogP contribution in [0.15, 0.2) is 33.8 Å². The molecule has 1 aliphatic rings. The summed E-state index contributed by atoms with van der Waals surface area (Å²) >= 11 is 0. The Morgan fingerprint density at radius 1 is 1.28 bits per heavy atom. The Balaban J connectivity index is 1.68. The molecule has 0 atom stereocenters. The van der Waals surface area contributed by atoms with Gasteiger partial charge in [0, 0.05) is 18.7 Å². The normalized spacial score (nSPS) is 14.2. The molecule has 10 heteroatoms. The van der Waals surface area contributed by atoms with Crippen LogP contribution >= 0.6 is 0 Å². The molecule has 0 amide bonds. The fourth-order valence-electron chi connectivity index (χ4n) is 3.33. The molecule has 0 aliphatic heterocycles. The second-order valence-electron chi connectivity index (χ2n) is 6.99. The number of halogens is 3. The highest BCUT2D eigenvalue weighted by Gasteiger charge is 2.28. The van der Waals surface area contributed by atoms with E-state index in [1.807, 2.05) is 0 Å². The summed E-state index contributed by atoms with van der Waals surface area (Å²) < 4.78 is 48.2. The van der Waals surface area contributed by atoms with E-state index in [0.717, 1.165) is 17.5 Å². The fourth-order valence-corrected chi connectivity index (χ4v) is 3.33. The first-order valence-electron chi connectivity index (χ1n) is 8.95. The lowest BCUT2D eigenvalue weighted by atomic mass is 10.0. The van der Waals surface area contributed by atoms with Crippen molar-refractivity contribution in [1.29, 1.82) is 0 Å². The monoisotopic (exact) mass is 401 g/mol. The standard InChI is InChI=1S/C19H14F3N5O2/c1-8-23-14(7-29-8)18-24-17-12(19(28)25-18)6-27(26-17)15-11(16(21)22)4-10(5-13(15)20)9-2-3-9/h4-7,9,16H,2-3H2,1H3,(H,24,25,26,28). The zero-order valence-corrected chi connectivity index (χ0v) is 15.1. The van der Waals surface area contributed by atoms with Crippen LogP contribution in [-0.2, 0) is 0 Å². The van der Waals surface area contributed by atoms with E-state index < -0.39 is 23.4 Å². The maximum atomic E-state index is 14.8. The lowest BCUT2D eigenvalue weighted by molar-refractivity contribution is 0.150. The molecule has 1 N–H and O–H groups in total.